The molecule has 0 radical (unpaired) electrons. The summed E-state index contributed by atoms with van der Waals surface area (Å²) in [5.74, 6) is 0. The molecule has 5 heteroatoms. The summed E-state index contributed by atoms with van der Waals surface area (Å²) in [4.78, 5) is 11.9. The molecule has 1 aliphatic heterocycles. The highest BCUT2D eigenvalue weighted by Crippen LogP contribution is 2.19. The fourth-order valence-corrected chi connectivity index (χ4v) is 3.01. The fraction of sp³-hybridized carbons (Fsp3) is 0.933. The van der Waals surface area contributed by atoms with Gasteiger partial charge in [0.25, 0.3) is 0 Å². The second-order valence-corrected chi connectivity index (χ2v) is 6.21. The molecule has 0 aromatic carbocycles. The van der Waals surface area contributed by atoms with E-state index in [9.17, 15) is 9.90 Å². The maximum atomic E-state index is 11.9. The molecule has 0 atom stereocenters. The van der Waals surface area contributed by atoms with E-state index in [-0.39, 0.29) is 6.03 Å². The Kier molecular flexibility index (Phi) is 6.10. The van der Waals surface area contributed by atoms with Crippen LogP contribution >= 0.6 is 0 Å². The zero-order valence-electron chi connectivity index (χ0n) is 12.3. The van der Waals surface area contributed by atoms with Crippen LogP contribution in [-0.4, -0.2) is 42.5 Å². The van der Waals surface area contributed by atoms with Crippen LogP contribution in [0.4, 0.5) is 4.79 Å². The number of aliphatic hydroxyl groups is 1. The van der Waals surface area contributed by atoms with Crippen LogP contribution in [0.5, 0.6) is 0 Å². The molecule has 2 amide bonds. The van der Waals surface area contributed by atoms with E-state index in [1.807, 2.05) is 0 Å². The molecule has 1 aliphatic carbocycles. The fourth-order valence-electron chi connectivity index (χ4n) is 3.01. The molecule has 3 N–H and O–H groups in total. The van der Waals surface area contributed by atoms with Gasteiger partial charge in [0.05, 0.1) is 5.60 Å². The van der Waals surface area contributed by atoms with Gasteiger partial charge in [-0.15, -0.1) is 0 Å². The molecule has 0 aromatic heterocycles. The van der Waals surface area contributed by atoms with Crippen LogP contribution < -0.4 is 10.6 Å². The monoisotopic (exact) mass is 284 g/mol. The molecular weight excluding hydrogens is 256 g/mol. The number of nitrogens with one attached hydrogen (secondary N) is 2. The topological polar surface area (TPSA) is 70.6 Å². The lowest BCUT2D eigenvalue weighted by molar-refractivity contribution is -0.0600. The molecule has 1 heterocycles. The highest BCUT2D eigenvalue weighted by molar-refractivity contribution is 5.74. The van der Waals surface area contributed by atoms with Gasteiger partial charge in [0.2, 0.25) is 0 Å². The summed E-state index contributed by atoms with van der Waals surface area (Å²) in [7, 11) is 0. The van der Waals surface area contributed by atoms with E-state index in [4.69, 9.17) is 4.74 Å². The van der Waals surface area contributed by atoms with Gasteiger partial charge in [0.15, 0.2) is 0 Å². The first kappa shape index (κ1) is 15.6. The van der Waals surface area contributed by atoms with Crippen molar-refractivity contribution in [2.75, 3.05) is 19.8 Å². The molecule has 2 fully saturated rings. The van der Waals surface area contributed by atoms with Crippen LogP contribution in [0.3, 0.4) is 0 Å². The minimum Gasteiger partial charge on any atom is -0.388 e. The molecule has 0 unspecified atom stereocenters. The molecule has 20 heavy (non-hydrogen) atoms. The number of hydrogen-bond donors (Lipinski definition) is 3. The predicted molar refractivity (Wildman–Crippen MR) is 77.6 cm³/mol. The van der Waals surface area contributed by atoms with E-state index in [0.717, 1.165) is 12.8 Å². The largest absolute Gasteiger partial charge is 0.388 e. The lowest BCUT2D eigenvalue weighted by atomic mass is 9.94. The highest BCUT2D eigenvalue weighted by atomic mass is 16.5. The standard InChI is InChI=1S/C15H28N2O3/c18-14(16-12-15(19)8-10-20-11-9-15)17-13-6-4-2-1-3-5-7-13/h13,19H,1-12H2,(H2,16,17,18). The lowest BCUT2D eigenvalue weighted by Crippen LogP contribution is -2.50. The third kappa shape index (κ3) is 5.29. The summed E-state index contributed by atoms with van der Waals surface area (Å²) in [6.07, 6.45) is 9.62. The Morgan fingerprint density at radius 2 is 1.70 bits per heavy atom. The molecule has 2 aliphatic rings. The minimum absolute atomic E-state index is 0.143. The maximum Gasteiger partial charge on any atom is 0.315 e. The van der Waals surface area contributed by atoms with E-state index in [1.165, 1.54) is 32.1 Å². The van der Waals surface area contributed by atoms with Gasteiger partial charge in [-0.1, -0.05) is 32.1 Å². The zero-order chi connectivity index (χ0) is 14.3. The van der Waals surface area contributed by atoms with Crippen LogP contribution in [0, 0.1) is 0 Å². The van der Waals surface area contributed by atoms with Gasteiger partial charge in [-0.2, -0.15) is 0 Å². The summed E-state index contributed by atoms with van der Waals surface area (Å²) in [5, 5.41) is 16.2. The number of hydrogen-bond acceptors (Lipinski definition) is 3. The van der Waals surface area contributed by atoms with Crippen molar-refractivity contribution in [3.05, 3.63) is 0 Å². The minimum atomic E-state index is -0.795. The Balaban J connectivity index is 1.68. The van der Waals surface area contributed by atoms with Gasteiger partial charge in [0.1, 0.15) is 0 Å². The summed E-state index contributed by atoms with van der Waals surface area (Å²) in [6.45, 7) is 1.46. The van der Waals surface area contributed by atoms with E-state index < -0.39 is 5.60 Å². The smallest absolute Gasteiger partial charge is 0.315 e. The quantitative estimate of drug-likeness (QED) is 0.741. The summed E-state index contributed by atoms with van der Waals surface area (Å²) >= 11 is 0. The van der Waals surface area contributed by atoms with Gasteiger partial charge in [-0.3, -0.25) is 0 Å². The Labute approximate surface area is 121 Å². The Hall–Kier alpha value is -0.810. The normalized spacial score (nSPS) is 24.4. The number of urea groups is 1. The van der Waals surface area contributed by atoms with Crippen LogP contribution in [0.2, 0.25) is 0 Å². The van der Waals surface area contributed by atoms with E-state index in [0.29, 0.717) is 38.6 Å². The van der Waals surface area contributed by atoms with Crippen molar-refractivity contribution in [2.24, 2.45) is 0 Å². The molecule has 0 bridgehead atoms. The first-order chi connectivity index (χ1) is 9.68. The molecule has 5 nitrogen and oxygen atoms in total. The van der Waals surface area contributed by atoms with E-state index in [1.54, 1.807) is 0 Å². The van der Waals surface area contributed by atoms with Crippen LogP contribution in [0.25, 0.3) is 0 Å². The maximum absolute atomic E-state index is 11.9. The SMILES string of the molecule is O=C(NCC1(O)CCOCC1)NC1CCCCCCC1. The Morgan fingerprint density at radius 3 is 2.35 bits per heavy atom. The molecule has 1 saturated heterocycles. The van der Waals surface area contributed by atoms with E-state index >= 15 is 0 Å². The highest BCUT2D eigenvalue weighted by Gasteiger charge is 2.30. The Bertz CT molecular complexity index is 295. The van der Waals surface area contributed by atoms with Gasteiger partial charge in [-0.05, 0) is 12.8 Å². The molecule has 1 saturated carbocycles. The predicted octanol–water partition coefficient (Wildman–Crippen LogP) is 1.94. The van der Waals surface area contributed by atoms with Crippen LogP contribution in [0.1, 0.15) is 57.8 Å². The van der Waals surface area contributed by atoms with Crippen molar-refractivity contribution in [3.8, 4) is 0 Å². The first-order valence-electron chi connectivity index (χ1n) is 8.02. The summed E-state index contributed by atoms with van der Waals surface area (Å²) in [6, 6.07) is 0.148. The average Bonchev–Trinajstić information content (AvgIpc) is 2.40. The van der Waals surface area contributed by atoms with Gasteiger partial charge >= 0.3 is 6.03 Å². The van der Waals surface area contributed by atoms with Crippen LogP contribution in [-0.2, 0) is 4.74 Å². The molecular formula is C15H28N2O3. The first-order valence-corrected chi connectivity index (χ1v) is 8.02. The summed E-state index contributed by atoms with van der Waals surface area (Å²) < 4.78 is 5.23. The van der Waals surface area contributed by atoms with Crippen molar-refractivity contribution < 1.29 is 14.6 Å². The third-order valence-corrected chi connectivity index (χ3v) is 4.44. The number of ether oxygens (including phenoxy) is 1. The van der Waals surface area contributed by atoms with Crippen molar-refractivity contribution in [3.63, 3.8) is 0 Å². The molecule has 0 aromatic rings. The van der Waals surface area contributed by atoms with Crippen molar-refractivity contribution >= 4 is 6.03 Å². The van der Waals surface area contributed by atoms with Gasteiger partial charge < -0.3 is 20.5 Å². The van der Waals surface area contributed by atoms with Crippen molar-refractivity contribution in [1.82, 2.24) is 10.6 Å². The van der Waals surface area contributed by atoms with Crippen molar-refractivity contribution in [2.45, 2.75) is 69.4 Å². The molecule has 2 rings (SSSR count). The number of amides is 2. The van der Waals surface area contributed by atoms with Crippen LogP contribution in [0.15, 0.2) is 0 Å². The second-order valence-electron chi connectivity index (χ2n) is 6.21. The van der Waals surface area contributed by atoms with Crippen molar-refractivity contribution in [1.29, 1.82) is 0 Å². The van der Waals surface area contributed by atoms with Gasteiger partial charge in [-0.25, -0.2) is 4.79 Å². The number of carbonyl (C=O) groups excluding carboxylic acids is 1. The third-order valence-electron chi connectivity index (χ3n) is 4.44. The number of carbonyl (C=O) groups is 1. The molecule has 0 spiro atoms. The molecule has 116 valence electrons. The Morgan fingerprint density at radius 1 is 1.10 bits per heavy atom. The van der Waals surface area contributed by atoms with E-state index in [2.05, 4.69) is 10.6 Å². The second kappa shape index (κ2) is 7.84. The average molecular weight is 284 g/mol. The lowest BCUT2D eigenvalue weighted by Gasteiger charge is -2.32. The van der Waals surface area contributed by atoms with Gasteiger partial charge in [0, 0.05) is 38.6 Å². The zero-order valence-corrected chi connectivity index (χ0v) is 12.3. The number of rotatable bonds is 3. The summed E-state index contributed by atoms with van der Waals surface area (Å²) in [5.41, 5.74) is -0.795.